The summed E-state index contributed by atoms with van der Waals surface area (Å²) in [6, 6.07) is 13.1. The highest BCUT2D eigenvalue weighted by Gasteiger charge is 2.28. The van der Waals surface area contributed by atoms with Crippen LogP contribution < -0.4 is 19.7 Å². The Morgan fingerprint density at radius 2 is 1.61 bits per heavy atom. The SMILES string of the molecule is COc1cc(OC)cc(C(=O)N2CCC(C(=O)Nc3cccc(N4CCOCC4)c3)CC2)c1. The van der Waals surface area contributed by atoms with E-state index in [9.17, 15) is 9.59 Å². The summed E-state index contributed by atoms with van der Waals surface area (Å²) in [4.78, 5) is 29.9. The number of nitrogens with one attached hydrogen (secondary N) is 1. The average Bonchev–Trinajstić information content (AvgIpc) is 2.88. The number of methoxy groups -OCH3 is 2. The van der Waals surface area contributed by atoms with Gasteiger partial charge in [0, 0.05) is 55.1 Å². The van der Waals surface area contributed by atoms with E-state index in [0.717, 1.165) is 37.7 Å². The number of carbonyl (C=O) groups is 2. The van der Waals surface area contributed by atoms with Gasteiger partial charge in [-0.05, 0) is 43.2 Å². The molecule has 2 aliphatic rings. The Balaban J connectivity index is 1.33. The lowest BCUT2D eigenvalue weighted by molar-refractivity contribution is -0.121. The highest BCUT2D eigenvalue weighted by molar-refractivity contribution is 5.96. The number of likely N-dealkylation sites (tertiary alicyclic amines) is 1. The van der Waals surface area contributed by atoms with Crippen LogP contribution in [0.4, 0.5) is 11.4 Å². The minimum Gasteiger partial charge on any atom is -0.497 e. The number of hydrogen-bond acceptors (Lipinski definition) is 6. The number of amides is 2. The molecule has 2 saturated heterocycles. The fraction of sp³-hybridized carbons (Fsp3) is 0.440. The monoisotopic (exact) mass is 453 g/mol. The highest BCUT2D eigenvalue weighted by Crippen LogP contribution is 2.27. The van der Waals surface area contributed by atoms with Crippen molar-refractivity contribution in [1.29, 1.82) is 0 Å². The van der Waals surface area contributed by atoms with E-state index in [0.29, 0.717) is 43.0 Å². The van der Waals surface area contributed by atoms with Crippen molar-refractivity contribution in [3.63, 3.8) is 0 Å². The number of rotatable bonds is 6. The minimum absolute atomic E-state index is 0.00396. The molecule has 4 rings (SSSR count). The molecule has 8 heteroatoms. The Hall–Kier alpha value is -3.26. The maximum Gasteiger partial charge on any atom is 0.254 e. The number of ether oxygens (including phenoxy) is 3. The van der Waals surface area contributed by atoms with E-state index in [-0.39, 0.29) is 17.7 Å². The number of nitrogens with zero attached hydrogens (tertiary/aromatic N) is 2. The standard InChI is InChI=1S/C25H31N3O5/c1-31-22-14-19(15-23(17-22)32-2)25(30)28-8-6-18(7-9-28)24(29)26-20-4-3-5-21(16-20)27-10-12-33-13-11-27/h3-5,14-18H,6-13H2,1-2H3,(H,26,29). The Bertz CT molecular complexity index is 960. The molecule has 0 aliphatic carbocycles. The first-order valence-corrected chi connectivity index (χ1v) is 11.3. The summed E-state index contributed by atoms with van der Waals surface area (Å²) in [5.74, 6) is 0.951. The minimum atomic E-state index is -0.124. The number of benzene rings is 2. The summed E-state index contributed by atoms with van der Waals surface area (Å²) in [5.41, 5.74) is 2.41. The summed E-state index contributed by atoms with van der Waals surface area (Å²) >= 11 is 0. The Morgan fingerprint density at radius 1 is 0.939 bits per heavy atom. The van der Waals surface area contributed by atoms with E-state index in [1.807, 2.05) is 18.2 Å². The number of piperidine rings is 1. The van der Waals surface area contributed by atoms with Crippen LogP contribution in [0.3, 0.4) is 0 Å². The smallest absolute Gasteiger partial charge is 0.254 e. The van der Waals surface area contributed by atoms with Crippen LogP contribution in [-0.2, 0) is 9.53 Å². The Morgan fingerprint density at radius 3 is 2.24 bits per heavy atom. The van der Waals surface area contributed by atoms with Gasteiger partial charge in [-0.1, -0.05) is 6.07 Å². The molecule has 33 heavy (non-hydrogen) atoms. The summed E-state index contributed by atoms with van der Waals surface area (Å²) in [6.45, 7) is 4.20. The zero-order chi connectivity index (χ0) is 23.2. The van der Waals surface area contributed by atoms with Crippen molar-refractivity contribution in [1.82, 2.24) is 4.90 Å². The third-order valence-electron chi connectivity index (χ3n) is 6.24. The summed E-state index contributed by atoms with van der Waals surface area (Å²) in [7, 11) is 3.12. The topological polar surface area (TPSA) is 80.3 Å². The van der Waals surface area contributed by atoms with Gasteiger partial charge in [-0.2, -0.15) is 0 Å². The van der Waals surface area contributed by atoms with Gasteiger partial charge in [0.1, 0.15) is 11.5 Å². The number of carbonyl (C=O) groups excluding carboxylic acids is 2. The van der Waals surface area contributed by atoms with Gasteiger partial charge in [0.15, 0.2) is 0 Å². The maximum absolute atomic E-state index is 13.0. The number of morpholine rings is 1. The lowest BCUT2D eigenvalue weighted by Gasteiger charge is -2.32. The average molecular weight is 454 g/mol. The molecule has 2 aliphatic heterocycles. The fourth-order valence-corrected chi connectivity index (χ4v) is 4.30. The largest absolute Gasteiger partial charge is 0.497 e. The molecule has 1 N–H and O–H groups in total. The van der Waals surface area contributed by atoms with Gasteiger partial charge in [0.25, 0.3) is 5.91 Å². The molecular formula is C25H31N3O5. The molecule has 2 aromatic carbocycles. The van der Waals surface area contributed by atoms with Crippen molar-refractivity contribution in [2.24, 2.45) is 5.92 Å². The molecule has 2 amide bonds. The Labute approximate surface area is 194 Å². The predicted octanol–water partition coefficient (Wildman–Crippen LogP) is 3.03. The van der Waals surface area contributed by atoms with Crippen molar-refractivity contribution in [3.05, 3.63) is 48.0 Å². The van der Waals surface area contributed by atoms with E-state index < -0.39 is 0 Å². The molecule has 176 valence electrons. The lowest BCUT2D eigenvalue weighted by Crippen LogP contribution is -2.41. The van der Waals surface area contributed by atoms with Crippen LogP contribution in [0.15, 0.2) is 42.5 Å². The van der Waals surface area contributed by atoms with Crippen molar-refractivity contribution in [2.75, 3.05) is 63.8 Å². The van der Waals surface area contributed by atoms with Crippen molar-refractivity contribution in [2.45, 2.75) is 12.8 Å². The molecule has 2 heterocycles. The van der Waals surface area contributed by atoms with E-state index in [2.05, 4.69) is 16.3 Å². The number of hydrogen-bond donors (Lipinski definition) is 1. The van der Waals surface area contributed by atoms with Crippen molar-refractivity contribution >= 4 is 23.2 Å². The zero-order valence-electron chi connectivity index (χ0n) is 19.2. The van der Waals surface area contributed by atoms with Gasteiger partial charge in [0.05, 0.1) is 27.4 Å². The first-order chi connectivity index (χ1) is 16.1. The highest BCUT2D eigenvalue weighted by atomic mass is 16.5. The molecule has 0 radical (unpaired) electrons. The van der Waals surface area contributed by atoms with Crippen LogP contribution in [0, 0.1) is 5.92 Å². The molecule has 0 atom stereocenters. The molecule has 0 saturated carbocycles. The molecular weight excluding hydrogens is 422 g/mol. The molecule has 0 bridgehead atoms. The molecule has 0 aromatic heterocycles. The van der Waals surface area contributed by atoms with E-state index >= 15 is 0 Å². The fourth-order valence-electron chi connectivity index (χ4n) is 4.30. The first kappa shape index (κ1) is 22.9. The summed E-state index contributed by atoms with van der Waals surface area (Å²) < 4.78 is 16.0. The second-order valence-electron chi connectivity index (χ2n) is 8.31. The van der Waals surface area contributed by atoms with E-state index in [4.69, 9.17) is 14.2 Å². The van der Waals surface area contributed by atoms with Crippen molar-refractivity contribution < 1.29 is 23.8 Å². The van der Waals surface area contributed by atoms with Crippen LogP contribution >= 0.6 is 0 Å². The van der Waals surface area contributed by atoms with E-state index in [1.54, 1.807) is 37.3 Å². The molecule has 8 nitrogen and oxygen atoms in total. The summed E-state index contributed by atoms with van der Waals surface area (Å²) in [6.07, 6.45) is 1.25. The van der Waals surface area contributed by atoms with Gasteiger partial charge in [-0.15, -0.1) is 0 Å². The van der Waals surface area contributed by atoms with Crippen molar-refractivity contribution in [3.8, 4) is 11.5 Å². The normalized spacial score (nSPS) is 16.9. The summed E-state index contributed by atoms with van der Waals surface area (Å²) in [5, 5.41) is 3.06. The van der Waals surface area contributed by atoms with Gasteiger partial charge in [-0.25, -0.2) is 0 Å². The Kier molecular flexibility index (Phi) is 7.34. The predicted molar refractivity (Wildman–Crippen MR) is 126 cm³/mol. The molecule has 2 aromatic rings. The van der Waals surface area contributed by atoms with Gasteiger partial charge in [0.2, 0.25) is 5.91 Å². The molecule has 2 fully saturated rings. The second-order valence-corrected chi connectivity index (χ2v) is 8.31. The maximum atomic E-state index is 13.0. The van der Waals surface area contributed by atoms with Gasteiger partial charge in [-0.3, -0.25) is 9.59 Å². The quantitative estimate of drug-likeness (QED) is 0.724. The number of anilines is 2. The van der Waals surface area contributed by atoms with E-state index in [1.165, 1.54) is 0 Å². The third-order valence-corrected chi connectivity index (χ3v) is 6.24. The van der Waals surface area contributed by atoms with Crippen LogP contribution in [0.1, 0.15) is 23.2 Å². The van der Waals surface area contributed by atoms with Gasteiger partial charge < -0.3 is 29.3 Å². The van der Waals surface area contributed by atoms with Crippen LogP contribution in [-0.4, -0.2) is 70.3 Å². The molecule has 0 spiro atoms. The van der Waals surface area contributed by atoms with Crippen LogP contribution in [0.5, 0.6) is 11.5 Å². The van der Waals surface area contributed by atoms with Crippen LogP contribution in [0.2, 0.25) is 0 Å². The van der Waals surface area contributed by atoms with Crippen LogP contribution in [0.25, 0.3) is 0 Å². The zero-order valence-corrected chi connectivity index (χ0v) is 19.2. The molecule has 0 unspecified atom stereocenters. The third kappa shape index (κ3) is 5.57. The second kappa shape index (κ2) is 10.6. The first-order valence-electron chi connectivity index (χ1n) is 11.3. The van der Waals surface area contributed by atoms with Gasteiger partial charge >= 0.3 is 0 Å². The lowest BCUT2D eigenvalue weighted by atomic mass is 9.95.